The van der Waals surface area contributed by atoms with E-state index in [2.05, 4.69) is 28.2 Å². The lowest BCUT2D eigenvalue weighted by Crippen LogP contribution is -2.26. The molecule has 1 amide bonds. The molecule has 5 nitrogen and oxygen atoms in total. The van der Waals surface area contributed by atoms with Crippen LogP contribution in [0.5, 0.6) is 0 Å². The van der Waals surface area contributed by atoms with Crippen molar-refractivity contribution in [3.8, 4) is 0 Å². The Morgan fingerprint density at radius 2 is 1.58 bits per heavy atom. The number of rotatable bonds is 6. The van der Waals surface area contributed by atoms with Gasteiger partial charge in [0.25, 0.3) is 15.9 Å². The van der Waals surface area contributed by atoms with Gasteiger partial charge in [-0.25, -0.2) is 8.42 Å². The second-order valence-corrected chi connectivity index (χ2v) is 9.76. The van der Waals surface area contributed by atoms with Crippen molar-refractivity contribution in [3.63, 3.8) is 0 Å². The van der Waals surface area contributed by atoms with Gasteiger partial charge in [-0.3, -0.25) is 9.52 Å². The molecule has 0 aliphatic heterocycles. The Labute approximate surface area is 183 Å². The van der Waals surface area contributed by atoms with Crippen LogP contribution in [-0.4, -0.2) is 14.3 Å². The number of aryl methyl sites for hydroxylation is 3. The molecule has 1 aliphatic carbocycles. The first-order valence-electron chi connectivity index (χ1n) is 10.4. The van der Waals surface area contributed by atoms with Crippen LogP contribution < -0.4 is 10.0 Å². The van der Waals surface area contributed by atoms with E-state index < -0.39 is 10.0 Å². The summed E-state index contributed by atoms with van der Waals surface area (Å²) >= 11 is 0. The maximum absolute atomic E-state index is 12.7. The van der Waals surface area contributed by atoms with E-state index in [1.807, 2.05) is 13.8 Å². The molecule has 0 aromatic heterocycles. The molecule has 1 atom stereocenters. The van der Waals surface area contributed by atoms with Gasteiger partial charge in [-0.2, -0.15) is 0 Å². The van der Waals surface area contributed by atoms with Crippen LogP contribution in [0.1, 0.15) is 52.0 Å². The van der Waals surface area contributed by atoms with Crippen LogP contribution in [0.2, 0.25) is 0 Å². The Balaban J connectivity index is 1.41. The predicted octanol–water partition coefficient (Wildman–Crippen LogP) is 4.78. The molecule has 3 aromatic rings. The first-order chi connectivity index (χ1) is 14.8. The Kier molecular flexibility index (Phi) is 5.83. The molecular weight excluding hydrogens is 408 g/mol. The minimum atomic E-state index is -3.67. The Morgan fingerprint density at radius 1 is 0.903 bits per heavy atom. The molecule has 0 saturated heterocycles. The summed E-state index contributed by atoms with van der Waals surface area (Å²) in [5.41, 5.74) is 5.75. The zero-order chi connectivity index (χ0) is 22.0. The summed E-state index contributed by atoms with van der Waals surface area (Å²) in [5.74, 6) is -0.194. The Morgan fingerprint density at radius 3 is 2.29 bits per heavy atom. The van der Waals surface area contributed by atoms with Crippen LogP contribution >= 0.6 is 0 Å². The third-order valence-electron chi connectivity index (χ3n) is 5.70. The number of nitrogens with one attached hydrogen (secondary N) is 2. The molecule has 6 heteroatoms. The highest BCUT2D eigenvalue weighted by molar-refractivity contribution is 7.92. The summed E-state index contributed by atoms with van der Waals surface area (Å²) < 4.78 is 27.6. The van der Waals surface area contributed by atoms with Crippen molar-refractivity contribution in [2.75, 3.05) is 4.72 Å². The highest BCUT2D eigenvalue weighted by atomic mass is 32.2. The molecule has 1 unspecified atom stereocenters. The maximum atomic E-state index is 12.7. The molecule has 0 spiro atoms. The average Bonchev–Trinajstić information content (AvgIpc) is 3.22. The first kappa shape index (κ1) is 21.1. The molecule has 0 fully saturated rings. The third kappa shape index (κ3) is 4.80. The fourth-order valence-corrected chi connectivity index (χ4v) is 4.90. The van der Waals surface area contributed by atoms with Crippen molar-refractivity contribution >= 4 is 21.6 Å². The zero-order valence-electron chi connectivity index (χ0n) is 17.7. The number of carbonyl (C=O) groups excluding carboxylic acids is 1. The summed E-state index contributed by atoms with van der Waals surface area (Å²) in [6.45, 7) is 3.87. The molecule has 0 heterocycles. The normalized spacial score (nSPS) is 14.0. The van der Waals surface area contributed by atoms with Crippen LogP contribution in [0, 0.1) is 6.92 Å². The number of hydrogen-bond acceptors (Lipinski definition) is 3. The van der Waals surface area contributed by atoms with Crippen molar-refractivity contribution in [3.05, 3.63) is 94.5 Å². The zero-order valence-corrected chi connectivity index (χ0v) is 18.5. The van der Waals surface area contributed by atoms with Gasteiger partial charge >= 0.3 is 0 Å². The predicted molar refractivity (Wildman–Crippen MR) is 123 cm³/mol. The number of anilines is 1. The van der Waals surface area contributed by atoms with Crippen LogP contribution in [0.4, 0.5) is 5.69 Å². The van der Waals surface area contributed by atoms with Gasteiger partial charge in [0.05, 0.1) is 10.9 Å². The highest BCUT2D eigenvalue weighted by Crippen LogP contribution is 2.25. The summed E-state index contributed by atoms with van der Waals surface area (Å²) in [7, 11) is -3.67. The number of benzene rings is 3. The van der Waals surface area contributed by atoms with Gasteiger partial charge in [0.15, 0.2) is 0 Å². The largest absolute Gasteiger partial charge is 0.346 e. The first-order valence-corrected chi connectivity index (χ1v) is 11.9. The van der Waals surface area contributed by atoms with Crippen molar-refractivity contribution in [1.82, 2.24) is 5.32 Å². The van der Waals surface area contributed by atoms with Crippen LogP contribution in [-0.2, 0) is 22.9 Å². The molecule has 3 aromatic carbocycles. The van der Waals surface area contributed by atoms with Gasteiger partial charge in [0.2, 0.25) is 0 Å². The van der Waals surface area contributed by atoms with Gasteiger partial charge < -0.3 is 5.32 Å². The van der Waals surface area contributed by atoms with Crippen molar-refractivity contribution in [2.45, 2.75) is 44.0 Å². The molecule has 160 valence electrons. The minimum absolute atomic E-state index is 0.113. The minimum Gasteiger partial charge on any atom is -0.346 e. The van der Waals surface area contributed by atoms with Gasteiger partial charge in [-0.15, -0.1) is 0 Å². The fraction of sp³-hybridized carbons (Fsp3) is 0.240. The van der Waals surface area contributed by atoms with E-state index in [0.717, 1.165) is 24.0 Å². The summed E-state index contributed by atoms with van der Waals surface area (Å²) in [6, 6.07) is 19.4. The number of carbonyl (C=O) groups is 1. The summed E-state index contributed by atoms with van der Waals surface area (Å²) in [6.07, 6.45) is 3.43. The van der Waals surface area contributed by atoms with E-state index in [-0.39, 0.29) is 16.8 Å². The molecule has 2 N–H and O–H groups in total. The SMILES string of the molecule is Cc1ccc(S(=O)(=O)Nc2ccc(C(=O)NC(C)c3ccc4c(c3)CCC4)cc2)cc1. The lowest BCUT2D eigenvalue weighted by molar-refractivity contribution is 0.0940. The standard InChI is InChI=1S/C25H26N2O3S/c1-17-6-14-24(15-7-17)31(29,30)27-23-12-10-20(11-13-23)25(28)26-18(2)21-9-8-19-4-3-5-22(19)16-21/h6-16,18,27H,3-5H2,1-2H3,(H,26,28). The monoisotopic (exact) mass is 434 g/mol. The second kappa shape index (κ2) is 8.55. The third-order valence-corrected chi connectivity index (χ3v) is 7.10. The fourth-order valence-electron chi connectivity index (χ4n) is 3.85. The van der Waals surface area contributed by atoms with E-state index in [9.17, 15) is 13.2 Å². The highest BCUT2D eigenvalue weighted by Gasteiger charge is 2.17. The molecule has 0 bridgehead atoms. The molecule has 1 aliphatic rings. The van der Waals surface area contributed by atoms with Gasteiger partial charge in [0.1, 0.15) is 0 Å². The lowest BCUT2D eigenvalue weighted by Gasteiger charge is -2.16. The van der Waals surface area contributed by atoms with E-state index in [4.69, 9.17) is 0 Å². The Hall–Kier alpha value is -3.12. The van der Waals surface area contributed by atoms with Crippen LogP contribution in [0.3, 0.4) is 0 Å². The van der Waals surface area contributed by atoms with Crippen molar-refractivity contribution < 1.29 is 13.2 Å². The topological polar surface area (TPSA) is 75.3 Å². The number of sulfonamides is 1. The molecule has 0 saturated carbocycles. The molecule has 0 radical (unpaired) electrons. The molecule has 4 rings (SSSR count). The molecular formula is C25H26N2O3S. The van der Waals surface area contributed by atoms with E-state index in [0.29, 0.717) is 11.3 Å². The number of amides is 1. The van der Waals surface area contributed by atoms with Gasteiger partial charge in [0, 0.05) is 11.3 Å². The Bertz CT molecular complexity index is 1200. The summed E-state index contributed by atoms with van der Waals surface area (Å²) in [5, 5.41) is 3.02. The quantitative estimate of drug-likeness (QED) is 0.586. The van der Waals surface area contributed by atoms with E-state index in [1.54, 1.807) is 48.5 Å². The van der Waals surface area contributed by atoms with Gasteiger partial charge in [-0.1, -0.05) is 35.9 Å². The van der Waals surface area contributed by atoms with E-state index >= 15 is 0 Å². The van der Waals surface area contributed by atoms with Crippen molar-refractivity contribution in [2.24, 2.45) is 0 Å². The maximum Gasteiger partial charge on any atom is 0.261 e. The lowest BCUT2D eigenvalue weighted by atomic mass is 10.0. The second-order valence-electron chi connectivity index (χ2n) is 8.07. The number of hydrogen-bond donors (Lipinski definition) is 2. The molecule has 31 heavy (non-hydrogen) atoms. The average molecular weight is 435 g/mol. The van der Waals surface area contributed by atoms with Crippen LogP contribution in [0.25, 0.3) is 0 Å². The van der Waals surface area contributed by atoms with Gasteiger partial charge in [-0.05, 0) is 86.2 Å². The number of fused-ring (bicyclic) bond motifs is 1. The summed E-state index contributed by atoms with van der Waals surface area (Å²) in [4.78, 5) is 12.9. The van der Waals surface area contributed by atoms with Crippen LogP contribution in [0.15, 0.2) is 71.6 Å². The van der Waals surface area contributed by atoms with Crippen molar-refractivity contribution in [1.29, 1.82) is 0 Å². The van der Waals surface area contributed by atoms with E-state index in [1.165, 1.54) is 17.5 Å². The smallest absolute Gasteiger partial charge is 0.261 e.